The lowest BCUT2D eigenvalue weighted by Crippen LogP contribution is -2.31. The van der Waals surface area contributed by atoms with Gasteiger partial charge in [0, 0.05) is 24.0 Å². The molecule has 6 nitrogen and oxygen atoms in total. The third kappa shape index (κ3) is 2.86. The molecule has 0 bridgehead atoms. The molecule has 2 heterocycles. The molecule has 0 aliphatic heterocycles. The summed E-state index contributed by atoms with van der Waals surface area (Å²) < 4.78 is 28.2. The molecule has 8 heteroatoms. The standard InChI is InChI=1S/C13H15N3O3S2/c1-8-3-4-12(20-8)21(18,19)15-13(17)11-5-10(11)9-6-14-16(2)7-9/h3-4,6-7,10-11H,5H2,1-2H3,(H,15,17)/t10-,11+/m1/s1. The van der Waals surface area contributed by atoms with Crippen LogP contribution in [0.1, 0.15) is 22.8 Å². The van der Waals surface area contributed by atoms with Crippen LogP contribution in [-0.2, 0) is 21.9 Å². The van der Waals surface area contributed by atoms with E-state index >= 15 is 0 Å². The van der Waals surface area contributed by atoms with Crippen LogP contribution < -0.4 is 4.72 Å². The van der Waals surface area contributed by atoms with E-state index in [1.54, 1.807) is 16.9 Å². The van der Waals surface area contributed by atoms with Crippen LogP contribution in [0.25, 0.3) is 0 Å². The molecule has 2 atom stereocenters. The van der Waals surface area contributed by atoms with Gasteiger partial charge in [0.1, 0.15) is 4.21 Å². The van der Waals surface area contributed by atoms with E-state index in [1.807, 2.05) is 20.2 Å². The summed E-state index contributed by atoms with van der Waals surface area (Å²) in [5, 5.41) is 4.06. The Labute approximate surface area is 126 Å². The van der Waals surface area contributed by atoms with Crippen molar-refractivity contribution in [3.05, 3.63) is 35.0 Å². The van der Waals surface area contributed by atoms with Gasteiger partial charge in [0.05, 0.1) is 6.20 Å². The summed E-state index contributed by atoms with van der Waals surface area (Å²) >= 11 is 1.15. The molecule has 0 aromatic carbocycles. The number of aromatic nitrogens is 2. The van der Waals surface area contributed by atoms with Gasteiger partial charge in [-0.15, -0.1) is 11.3 Å². The van der Waals surface area contributed by atoms with Gasteiger partial charge in [0.25, 0.3) is 10.0 Å². The van der Waals surface area contributed by atoms with Crippen LogP contribution in [0.2, 0.25) is 0 Å². The van der Waals surface area contributed by atoms with Crippen LogP contribution in [0.3, 0.4) is 0 Å². The predicted molar refractivity (Wildman–Crippen MR) is 78.4 cm³/mol. The second kappa shape index (κ2) is 4.96. The lowest BCUT2D eigenvalue weighted by Gasteiger charge is -2.04. The maximum Gasteiger partial charge on any atom is 0.273 e. The highest BCUT2D eigenvalue weighted by Crippen LogP contribution is 2.47. The predicted octanol–water partition coefficient (Wildman–Crippen LogP) is 1.40. The van der Waals surface area contributed by atoms with E-state index in [-0.39, 0.29) is 16.0 Å². The molecular weight excluding hydrogens is 310 g/mol. The normalized spacial score (nSPS) is 21.2. The minimum Gasteiger partial charge on any atom is -0.276 e. The van der Waals surface area contributed by atoms with Crippen molar-refractivity contribution in [2.75, 3.05) is 0 Å². The topological polar surface area (TPSA) is 81.1 Å². The second-order valence-electron chi connectivity index (χ2n) is 5.23. The number of nitrogens with one attached hydrogen (secondary N) is 1. The number of nitrogens with zero attached hydrogens (tertiary/aromatic N) is 2. The number of carbonyl (C=O) groups is 1. The lowest BCUT2D eigenvalue weighted by atomic mass is 10.2. The van der Waals surface area contributed by atoms with Crippen LogP contribution in [0.4, 0.5) is 0 Å². The molecule has 1 aliphatic carbocycles. The maximum absolute atomic E-state index is 12.1. The van der Waals surface area contributed by atoms with E-state index in [2.05, 4.69) is 9.82 Å². The molecule has 0 unspecified atom stereocenters. The second-order valence-corrected chi connectivity index (χ2v) is 8.43. The van der Waals surface area contributed by atoms with Crippen molar-refractivity contribution < 1.29 is 13.2 Å². The minimum atomic E-state index is -3.75. The van der Waals surface area contributed by atoms with Gasteiger partial charge in [-0.3, -0.25) is 9.48 Å². The zero-order chi connectivity index (χ0) is 15.2. The van der Waals surface area contributed by atoms with Gasteiger partial charge in [-0.1, -0.05) is 0 Å². The Morgan fingerprint density at radius 1 is 1.48 bits per heavy atom. The largest absolute Gasteiger partial charge is 0.276 e. The van der Waals surface area contributed by atoms with Gasteiger partial charge in [0.15, 0.2) is 0 Å². The Morgan fingerprint density at radius 3 is 2.81 bits per heavy atom. The van der Waals surface area contributed by atoms with Gasteiger partial charge in [-0.2, -0.15) is 5.10 Å². The summed E-state index contributed by atoms with van der Waals surface area (Å²) in [5.74, 6) is -0.654. The number of thiophene rings is 1. The highest BCUT2D eigenvalue weighted by Gasteiger charge is 2.45. The molecule has 0 saturated heterocycles. The van der Waals surface area contributed by atoms with Crippen molar-refractivity contribution in [2.24, 2.45) is 13.0 Å². The molecular formula is C13H15N3O3S2. The molecule has 1 amide bonds. The van der Waals surface area contributed by atoms with Crippen molar-refractivity contribution in [1.29, 1.82) is 0 Å². The number of amides is 1. The molecule has 2 aromatic rings. The Bertz CT molecular complexity index is 791. The molecule has 1 saturated carbocycles. The van der Waals surface area contributed by atoms with E-state index in [0.717, 1.165) is 21.8 Å². The average Bonchev–Trinajstić information content (AvgIpc) is 2.89. The summed E-state index contributed by atoms with van der Waals surface area (Å²) in [4.78, 5) is 13.0. The summed E-state index contributed by atoms with van der Waals surface area (Å²) in [5.41, 5.74) is 0.974. The van der Waals surface area contributed by atoms with Gasteiger partial charge in [0.2, 0.25) is 5.91 Å². The van der Waals surface area contributed by atoms with E-state index < -0.39 is 15.9 Å². The molecule has 21 heavy (non-hydrogen) atoms. The van der Waals surface area contributed by atoms with E-state index in [4.69, 9.17) is 0 Å². The van der Waals surface area contributed by atoms with Crippen LogP contribution in [-0.4, -0.2) is 24.1 Å². The van der Waals surface area contributed by atoms with Crippen molar-refractivity contribution >= 4 is 27.3 Å². The summed E-state index contributed by atoms with van der Waals surface area (Å²) in [6.07, 6.45) is 4.24. The Kier molecular flexibility index (Phi) is 3.37. The van der Waals surface area contributed by atoms with Crippen molar-refractivity contribution in [3.8, 4) is 0 Å². The fourth-order valence-corrected chi connectivity index (χ4v) is 4.61. The Balaban J connectivity index is 1.68. The number of aryl methyl sites for hydroxylation is 2. The summed E-state index contributed by atoms with van der Waals surface area (Å²) in [7, 11) is -1.94. The number of hydrogen-bond donors (Lipinski definition) is 1. The number of carbonyl (C=O) groups excluding carboxylic acids is 1. The van der Waals surface area contributed by atoms with E-state index in [9.17, 15) is 13.2 Å². The zero-order valence-corrected chi connectivity index (χ0v) is 13.2. The van der Waals surface area contributed by atoms with Crippen molar-refractivity contribution in [3.63, 3.8) is 0 Å². The fraction of sp³-hybridized carbons (Fsp3) is 0.385. The first-order valence-corrected chi connectivity index (χ1v) is 8.78. The molecule has 2 aromatic heterocycles. The molecule has 0 radical (unpaired) electrons. The number of rotatable bonds is 4. The molecule has 1 fully saturated rings. The molecule has 3 rings (SSSR count). The third-order valence-corrected chi connectivity index (χ3v) is 6.34. The highest BCUT2D eigenvalue weighted by molar-refractivity contribution is 7.92. The first-order chi connectivity index (χ1) is 9.87. The smallest absolute Gasteiger partial charge is 0.273 e. The first-order valence-electron chi connectivity index (χ1n) is 6.48. The van der Waals surface area contributed by atoms with Crippen LogP contribution in [0.5, 0.6) is 0 Å². The van der Waals surface area contributed by atoms with Crippen LogP contribution >= 0.6 is 11.3 Å². The van der Waals surface area contributed by atoms with Crippen LogP contribution in [0, 0.1) is 12.8 Å². The summed E-state index contributed by atoms with van der Waals surface area (Å²) in [6, 6.07) is 3.24. The van der Waals surface area contributed by atoms with Gasteiger partial charge < -0.3 is 0 Å². The summed E-state index contributed by atoms with van der Waals surface area (Å²) in [6.45, 7) is 1.82. The Hall–Kier alpha value is -1.67. The monoisotopic (exact) mass is 325 g/mol. The van der Waals surface area contributed by atoms with Gasteiger partial charge >= 0.3 is 0 Å². The lowest BCUT2D eigenvalue weighted by molar-refractivity contribution is -0.120. The highest BCUT2D eigenvalue weighted by atomic mass is 32.2. The third-order valence-electron chi connectivity index (χ3n) is 3.50. The SMILES string of the molecule is Cc1ccc(S(=O)(=O)NC(=O)[C@H]2C[C@@H]2c2cnn(C)c2)s1. The van der Waals surface area contributed by atoms with Crippen molar-refractivity contribution in [1.82, 2.24) is 14.5 Å². The fourth-order valence-electron chi connectivity index (χ4n) is 2.30. The molecule has 1 aliphatic rings. The minimum absolute atomic E-state index is 0.0685. The maximum atomic E-state index is 12.1. The number of sulfonamides is 1. The average molecular weight is 325 g/mol. The quantitative estimate of drug-likeness (QED) is 0.921. The van der Waals surface area contributed by atoms with Crippen LogP contribution in [0.15, 0.2) is 28.7 Å². The number of hydrogen-bond acceptors (Lipinski definition) is 5. The van der Waals surface area contributed by atoms with Gasteiger partial charge in [-0.25, -0.2) is 13.1 Å². The Morgan fingerprint density at radius 2 is 2.24 bits per heavy atom. The molecule has 112 valence electrons. The molecule has 0 spiro atoms. The van der Waals surface area contributed by atoms with Gasteiger partial charge in [-0.05, 0) is 37.0 Å². The van der Waals surface area contributed by atoms with Crippen molar-refractivity contribution in [2.45, 2.75) is 23.5 Å². The zero-order valence-electron chi connectivity index (χ0n) is 11.6. The molecule has 1 N–H and O–H groups in total. The van der Waals surface area contributed by atoms with E-state index in [1.165, 1.54) is 6.07 Å². The van der Waals surface area contributed by atoms with E-state index in [0.29, 0.717) is 6.42 Å². The first kappa shape index (κ1) is 14.3.